The number of carbonyl (C=O) groups excluding carboxylic acids is 2. The summed E-state index contributed by atoms with van der Waals surface area (Å²) in [7, 11) is 1.49. The average Bonchev–Trinajstić information content (AvgIpc) is 3.15. The van der Waals surface area contributed by atoms with E-state index in [9.17, 15) is 9.59 Å². The minimum absolute atomic E-state index is 0.176. The molecule has 2 aromatic rings. The van der Waals surface area contributed by atoms with Crippen molar-refractivity contribution in [2.45, 2.75) is 13.8 Å². The van der Waals surface area contributed by atoms with Crippen LogP contribution in [-0.2, 0) is 9.59 Å². The highest BCUT2D eigenvalue weighted by molar-refractivity contribution is 6.36. The van der Waals surface area contributed by atoms with Crippen LogP contribution >= 0.6 is 0 Å². The average molecular weight is 350 g/mol. The van der Waals surface area contributed by atoms with Crippen molar-refractivity contribution < 1.29 is 19.1 Å². The van der Waals surface area contributed by atoms with Gasteiger partial charge in [-0.2, -0.15) is 0 Å². The van der Waals surface area contributed by atoms with Crippen LogP contribution in [0.25, 0.3) is 5.57 Å². The SMILES string of the molecule is Cc1ccc(C2=C(Nc3ccc4c(c3)OCO4)C(=O)N(C)C2=O)c(C)c1. The van der Waals surface area contributed by atoms with E-state index in [4.69, 9.17) is 9.47 Å². The first-order valence-corrected chi connectivity index (χ1v) is 8.26. The highest BCUT2D eigenvalue weighted by Gasteiger charge is 2.37. The largest absolute Gasteiger partial charge is 0.454 e. The standard InChI is InChI=1S/C20H18N2O4/c1-11-4-6-14(12(2)8-11)17-18(20(24)22(3)19(17)23)21-13-5-7-15-16(9-13)26-10-25-15/h4-9,21H,10H2,1-3H3. The van der Waals surface area contributed by atoms with Crippen LogP contribution in [0.1, 0.15) is 16.7 Å². The number of hydrogen-bond donors (Lipinski definition) is 1. The molecule has 0 saturated carbocycles. The maximum atomic E-state index is 12.7. The first-order chi connectivity index (χ1) is 12.5. The summed E-state index contributed by atoms with van der Waals surface area (Å²) < 4.78 is 10.7. The second kappa shape index (κ2) is 5.91. The van der Waals surface area contributed by atoms with E-state index in [1.807, 2.05) is 32.0 Å². The molecule has 0 aromatic heterocycles. The molecular weight excluding hydrogens is 332 g/mol. The van der Waals surface area contributed by atoms with E-state index < -0.39 is 0 Å². The molecule has 0 spiro atoms. The Hall–Kier alpha value is -3.28. The molecule has 2 aliphatic rings. The normalized spacial score (nSPS) is 15.9. The van der Waals surface area contributed by atoms with Crippen LogP contribution in [0.5, 0.6) is 11.5 Å². The Morgan fingerprint density at radius 3 is 2.50 bits per heavy atom. The summed E-state index contributed by atoms with van der Waals surface area (Å²) in [4.78, 5) is 26.5. The number of rotatable bonds is 3. The van der Waals surface area contributed by atoms with Gasteiger partial charge in [0.1, 0.15) is 5.70 Å². The van der Waals surface area contributed by atoms with Crippen molar-refractivity contribution in [1.82, 2.24) is 4.90 Å². The Balaban J connectivity index is 1.80. The molecule has 2 aliphatic heterocycles. The molecule has 0 atom stereocenters. The minimum atomic E-state index is -0.359. The fourth-order valence-electron chi connectivity index (χ4n) is 3.22. The lowest BCUT2D eigenvalue weighted by Crippen LogP contribution is -2.27. The summed E-state index contributed by atoms with van der Waals surface area (Å²) in [6, 6.07) is 11.1. The predicted molar refractivity (Wildman–Crippen MR) is 96.8 cm³/mol. The van der Waals surface area contributed by atoms with Gasteiger partial charge in [0.15, 0.2) is 11.5 Å². The third kappa shape index (κ3) is 2.50. The van der Waals surface area contributed by atoms with Crippen LogP contribution in [0.2, 0.25) is 0 Å². The Morgan fingerprint density at radius 1 is 0.962 bits per heavy atom. The number of benzene rings is 2. The molecular formula is C20H18N2O4. The smallest absolute Gasteiger partial charge is 0.277 e. The number of nitrogens with zero attached hydrogens (tertiary/aromatic N) is 1. The molecule has 26 heavy (non-hydrogen) atoms. The monoisotopic (exact) mass is 350 g/mol. The summed E-state index contributed by atoms with van der Waals surface area (Å²) in [5, 5.41) is 3.10. The molecule has 0 saturated heterocycles. The quantitative estimate of drug-likeness (QED) is 0.862. The number of nitrogens with one attached hydrogen (secondary N) is 1. The number of anilines is 1. The van der Waals surface area contributed by atoms with Crippen molar-refractivity contribution in [2.75, 3.05) is 19.2 Å². The van der Waals surface area contributed by atoms with E-state index >= 15 is 0 Å². The summed E-state index contributed by atoms with van der Waals surface area (Å²) in [6.07, 6.45) is 0. The molecule has 2 amide bonds. The molecule has 132 valence electrons. The molecule has 0 aliphatic carbocycles. The second-order valence-corrected chi connectivity index (χ2v) is 6.43. The molecule has 0 fully saturated rings. The van der Waals surface area contributed by atoms with Gasteiger partial charge in [0, 0.05) is 18.8 Å². The summed E-state index contributed by atoms with van der Waals surface area (Å²) in [5.74, 6) is 0.590. The lowest BCUT2D eigenvalue weighted by molar-refractivity contribution is -0.135. The fraction of sp³-hybridized carbons (Fsp3) is 0.200. The van der Waals surface area contributed by atoms with Crippen LogP contribution in [0.4, 0.5) is 5.69 Å². The first-order valence-electron chi connectivity index (χ1n) is 8.26. The van der Waals surface area contributed by atoms with Gasteiger partial charge in [-0.05, 0) is 37.1 Å². The van der Waals surface area contributed by atoms with Gasteiger partial charge in [-0.15, -0.1) is 0 Å². The van der Waals surface area contributed by atoms with Gasteiger partial charge in [0.05, 0.1) is 5.57 Å². The zero-order valence-corrected chi connectivity index (χ0v) is 14.8. The van der Waals surface area contributed by atoms with E-state index in [-0.39, 0.29) is 24.3 Å². The van der Waals surface area contributed by atoms with E-state index in [1.54, 1.807) is 18.2 Å². The fourth-order valence-corrected chi connectivity index (χ4v) is 3.22. The van der Waals surface area contributed by atoms with Crippen molar-refractivity contribution >= 4 is 23.1 Å². The summed E-state index contributed by atoms with van der Waals surface area (Å²) in [5.41, 5.74) is 4.10. The molecule has 2 heterocycles. The van der Waals surface area contributed by atoms with Crippen molar-refractivity contribution in [1.29, 1.82) is 0 Å². The van der Waals surface area contributed by atoms with Crippen molar-refractivity contribution in [3.8, 4) is 11.5 Å². The number of carbonyl (C=O) groups is 2. The van der Waals surface area contributed by atoms with Gasteiger partial charge in [-0.1, -0.05) is 23.8 Å². The van der Waals surface area contributed by atoms with Crippen molar-refractivity contribution in [3.63, 3.8) is 0 Å². The zero-order valence-electron chi connectivity index (χ0n) is 14.8. The van der Waals surface area contributed by atoms with Crippen molar-refractivity contribution in [3.05, 3.63) is 58.8 Å². The number of aryl methyl sites for hydroxylation is 2. The Morgan fingerprint density at radius 2 is 1.73 bits per heavy atom. The lowest BCUT2D eigenvalue weighted by Gasteiger charge is -2.11. The van der Waals surface area contributed by atoms with Gasteiger partial charge in [-0.25, -0.2) is 0 Å². The number of likely N-dealkylation sites (N-methyl/N-ethyl adjacent to an activating group) is 1. The number of hydrogen-bond acceptors (Lipinski definition) is 5. The van der Waals surface area contributed by atoms with Gasteiger partial charge in [0.2, 0.25) is 6.79 Å². The van der Waals surface area contributed by atoms with Crippen LogP contribution in [0, 0.1) is 13.8 Å². The molecule has 6 nitrogen and oxygen atoms in total. The van der Waals surface area contributed by atoms with Crippen molar-refractivity contribution in [2.24, 2.45) is 0 Å². The molecule has 1 N–H and O–H groups in total. The van der Waals surface area contributed by atoms with Gasteiger partial charge in [-0.3, -0.25) is 14.5 Å². The maximum Gasteiger partial charge on any atom is 0.277 e. The Bertz CT molecular complexity index is 978. The van der Waals surface area contributed by atoms with Crippen LogP contribution < -0.4 is 14.8 Å². The Kier molecular flexibility index (Phi) is 3.68. The van der Waals surface area contributed by atoms with Crippen LogP contribution in [0.15, 0.2) is 42.1 Å². The molecule has 0 bridgehead atoms. The lowest BCUT2D eigenvalue weighted by atomic mass is 9.97. The second-order valence-electron chi connectivity index (χ2n) is 6.43. The number of amides is 2. The van der Waals surface area contributed by atoms with Gasteiger partial charge in [0.25, 0.3) is 11.8 Å². The first kappa shape index (κ1) is 16.2. The highest BCUT2D eigenvalue weighted by atomic mass is 16.7. The number of ether oxygens (including phenoxy) is 2. The maximum absolute atomic E-state index is 12.7. The number of fused-ring (bicyclic) bond motifs is 1. The Labute approximate surface area is 151 Å². The van der Waals surface area contributed by atoms with Gasteiger partial charge < -0.3 is 14.8 Å². The van der Waals surface area contributed by atoms with E-state index in [0.29, 0.717) is 22.8 Å². The molecule has 6 heteroatoms. The summed E-state index contributed by atoms with van der Waals surface area (Å²) in [6.45, 7) is 4.10. The van der Waals surface area contributed by atoms with Crippen LogP contribution in [-0.4, -0.2) is 30.6 Å². The highest BCUT2D eigenvalue weighted by Crippen LogP contribution is 2.36. The third-order valence-corrected chi connectivity index (χ3v) is 4.58. The zero-order chi connectivity index (χ0) is 18.4. The van der Waals surface area contributed by atoms with E-state index in [1.165, 1.54) is 7.05 Å². The van der Waals surface area contributed by atoms with Crippen LogP contribution in [0.3, 0.4) is 0 Å². The molecule has 0 radical (unpaired) electrons. The van der Waals surface area contributed by atoms with E-state index in [2.05, 4.69) is 5.32 Å². The molecule has 4 rings (SSSR count). The number of imide groups is 1. The third-order valence-electron chi connectivity index (χ3n) is 4.58. The van der Waals surface area contributed by atoms with E-state index in [0.717, 1.165) is 21.6 Å². The molecule has 2 aromatic carbocycles. The minimum Gasteiger partial charge on any atom is -0.454 e. The molecule has 0 unspecified atom stereocenters. The summed E-state index contributed by atoms with van der Waals surface area (Å²) >= 11 is 0. The van der Waals surface area contributed by atoms with Gasteiger partial charge >= 0.3 is 0 Å². The predicted octanol–water partition coefficient (Wildman–Crippen LogP) is 2.85. The topological polar surface area (TPSA) is 67.9 Å².